The van der Waals surface area contributed by atoms with Gasteiger partial charge in [0, 0.05) is 18.2 Å². The van der Waals surface area contributed by atoms with E-state index in [2.05, 4.69) is 10.6 Å². The van der Waals surface area contributed by atoms with Gasteiger partial charge in [-0.2, -0.15) is 0 Å². The average molecular weight is 194 g/mol. The third-order valence-electron chi connectivity index (χ3n) is 2.26. The highest BCUT2D eigenvalue weighted by Gasteiger charge is 2.29. The summed E-state index contributed by atoms with van der Waals surface area (Å²) >= 11 is 0. The average Bonchev–Trinajstić information content (AvgIpc) is 2.41. The molecule has 0 fully saturated rings. The molecule has 0 aromatic heterocycles. The van der Waals surface area contributed by atoms with Crippen molar-refractivity contribution in [1.29, 1.82) is 0 Å². The lowest BCUT2D eigenvalue weighted by Gasteiger charge is -2.21. The van der Waals surface area contributed by atoms with E-state index in [1.807, 2.05) is 19.9 Å². The molecule has 4 heteroatoms. The molecule has 0 unspecified atom stereocenters. The summed E-state index contributed by atoms with van der Waals surface area (Å²) in [4.78, 5) is 21.5. The molecule has 0 aromatic carbocycles. The van der Waals surface area contributed by atoms with E-state index in [-0.39, 0.29) is 11.3 Å². The first-order valence-corrected chi connectivity index (χ1v) is 4.39. The molecule has 1 aliphatic carbocycles. The molecule has 0 saturated carbocycles. The van der Waals surface area contributed by atoms with Gasteiger partial charge >= 0.3 is 0 Å². The summed E-state index contributed by atoms with van der Waals surface area (Å²) < 4.78 is 0. The zero-order chi connectivity index (χ0) is 10.8. The molecule has 4 nitrogen and oxygen atoms in total. The lowest BCUT2D eigenvalue weighted by molar-refractivity contribution is -0.122. The second-order valence-corrected chi connectivity index (χ2v) is 3.69. The normalized spacial score (nSPS) is 18.2. The fourth-order valence-electron chi connectivity index (χ4n) is 1.58. The molecule has 2 N–H and O–H groups in total. The Hall–Kier alpha value is -1.58. The molecule has 0 bridgehead atoms. The van der Waals surface area contributed by atoms with Crippen molar-refractivity contribution >= 4 is 12.3 Å². The van der Waals surface area contributed by atoms with Crippen molar-refractivity contribution < 1.29 is 9.59 Å². The van der Waals surface area contributed by atoms with Gasteiger partial charge in [0.2, 0.25) is 6.41 Å². The van der Waals surface area contributed by atoms with Gasteiger partial charge in [0.25, 0.3) is 5.91 Å². The number of hydrogen-bond acceptors (Lipinski definition) is 3. The zero-order valence-corrected chi connectivity index (χ0v) is 8.55. The van der Waals surface area contributed by atoms with Crippen LogP contribution in [0, 0.1) is 5.41 Å². The number of hydrogen-bond donors (Lipinski definition) is 2. The maximum Gasteiger partial charge on any atom is 0.259 e. The molecule has 1 rings (SSSR count). The fourth-order valence-corrected chi connectivity index (χ4v) is 1.58. The van der Waals surface area contributed by atoms with E-state index in [1.165, 1.54) is 0 Å². The first-order valence-electron chi connectivity index (χ1n) is 4.39. The Bertz CT molecular complexity index is 327. The van der Waals surface area contributed by atoms with Crippen LogP contribution in [0.4, 0.5) is 0 Å². The summed E-state index contributed by atoms with van der Waals surface area (Å²) in [5, 5.41) is 5.10. The second-order valence-electron chi connectivity index (χ2n) is 3.69. The van der Waals surface area contributed by atoms with Crippen molar-refractivity contribution in [2.75, 3.05) is 7.05 Å². The molecular formula is C10H14N2O2. The van der Waals surface area contributed by atoms with Crippen LogP contribution in [0.5, 0.6) is 0 Å². The quantitative estimate of drug-likeness (QED) is 0.636. The van der Waals surface area contributed by atoms with Crippen molar-refractivity contribution in [3.63, 3.8) is 0 Å². The van der Waals surface area contributed by atoms with Crippen molar-refractivity contribution in [2.45, 2.75) is 13.8 Å². The fraction of sp³-hybridized carbons (Fsp3) is 0.400. The van der Waals surface area contributed by atoms with Crippen LogP contribution >= 0.6 is 0 Å². The van der Waals surface area contributed by atoms with Gasteiger partial charge in [-0.05, 0) is 0 Å². The second kappa shape index (κ2) is 3.65. The minimum atomic E-state index is -0.369. The SMILES string of the molecule is CNC1=C(C(=O)NC=O)C=CC1(C)C. The smallest absolute Gasteiger partial charge is 0.259 e. The highest BCUT2D eigenvalue weighted by Crippen LogP contribution is 2.34. The summed E-state index contributed by atoms with van der Waals surface area (Å²) in [5.41, 5.74) is 1.17. The summed E-state index contributed by atoms with van der Waals surface area (Å²) in [7, 11) is 1.76. The maximum absolute atomic E-state index is 11.4. The number of allylic oxidation sites excluding steroid dienone is 1. The van der Waals surface area contributed by atoms with Crippen LogP contribution in [0.2, 0.25) is 0 Å². The molecule has 0 spiro atoms. The summed E-state index contributed by atoms with van der Waals surface area (Å²) in [5.74, 6) is -0.369. The van der Waals surface area contributed by atoms with Crippen LogP contribution in [0.15, 0.2) is 23.4 Å². The molecule has 14 heavy (non-hydrogen) atoms. The van der Waals surface area contributed by atoms with Crippen LogP contribution in [0.1, 0.15) is 13.8 Å². The third kappa shape index (κ3) is 1.69. The van der Waals surface area contributed by atoms with Crippen molar-refractivity contribution in [3.05, 3.63) is 23.4 Å². The van der Waals surface area contributed by atoms with E-state index in [1.54, 1.807) is 13.1 Å². The van der Waals surface area contributed by atoms with Crippen LogP contribution in [-0.2, 0) is 9.59 Å². The molecule has 0 aromatic rings. The number of amides is 2. The van der Waals surface area contributed by atoms with Crippen LogP contribution in [0.25, 0.3) is 0 Å². The molecule has 76 valence electrons. The van der Waals surface area contributed by atoms with E-state index in [9.17, 15) is 9.59 Å². The van der Waals surface area contributed by atoms with E-state index in [0.717, 1.165) is 5.70 Å². The van der Waals surface area contributed by atoms with E-state index in [0.29, 0.717) is 12.0 Å². The van der Waals surface area contributed by atoms with E-state index >= 15 is 0 Å². The molecule has 0 aliphatic heterocycles. The van der Waals surface area contributed by atoms with E-state index in [4.69, 9.17) is 0 Å². The van der Waals surface area contributed by atoms with Gasteiger partial charge in [-0.1, -0.05) is 26.0 Å². The number of imide groups is 1. The molecule has 0 saturated heterocycles. The highest BCUT2D eigenvalue weighted by atomic mass is 16.2. The molecule has 2 amide bonds. The molecule has 0 atom stereocenters. The largest absolute Gasteiger partial charge is 0.390 e. The minimum Gasteiger partial charge on any atom is -0.390 e. The minimum absolute atomic E-state index is 0.176. The number of nitrogens with one attached hydrogen (secondary N) is 2. The molecule has 0 heterocycles. The third-order valence-corrected chi connectivity index (χ3v) is 2.26. The van der Waals surface area contributed by atoms with Gasteiger partial charge in [0.15, 0.2) is 0 Å². The van der Waals surface area contributed by atoms with Crippen LogP contribution in [-0.4, -0.2) is 19.4 Å². The first-order chi connectivity index (χ1) is 6.53. The Morgan fingerprint density at radius 1 is 1.50 bits per heavy atom. The monoisotopic (exact) mass is 194 g/mol. The Labute approximate surface area is 83.1 Å². The summed E-state index contributed by atoms with van der Waals surface area (Å²) in [6, 6.07) is 0. The number of carbonyl (C=O) groups is 2. The Morgan fingerprint density at radius 2 is 2.14 bits per heavy atom. The van der Waals surface area contributed by atoms with Crippen LogP contribution in [0.3, 0.4) is 0 Å². The Morgan fingerprint density at radius 3 is 2.64 bits per heavy atom. The van der Waals surface area contributed by atoms with Gasteiger partial charge in [0.1, 0.15) is 0 Å². The first kappa shape index (κ1) is 10.5. The zero-order valence-electron chi connectivity index (χ0n) is 8.55. The Kier molecular flexibility index (Phi) is 2.74. The maximum atomic E-state index is 11.4. The lowest BCUT2D eigenvalue weighted by Crippen LogP contribution is -2.28. The van der Waals surface area contributed by atoms with Gasteiger partial charge in [-0.25, -0.2) is 0 Å². The van der Waals surface area contributed by atoms with Crippen LogP contribution < -0.4 is 10.6 Å². The summed E-state index contributed by atoms with van der Waals surface area (Å²) in [6.07, 6.45) is 4.05. The van der Waals surface area contributed by atoms with Gasteiger partial charge in [0.05, 0.1) is 5.57 Å². The number of carbonyl (C=O) groups excluding carboxylic acids is 2. The standard InChI is InChI=1S/C10H14N2O2/c1-10(2)5-4-7(8(10)11-3)9(14)12-6-13/h4-6,11H,1-3H3,(H,12,13,14). The van der Waals surface area contributed by atoms with Gasteiger partial charge in [-0.3, -0.25) is 14.9 Å². The predicted octanol–water partition coefficient (Wildman–Crippen LogP) is 0.328. The van der Waals surface area contributed by atoms with Crippen molar-refractivity contribution in [3.8, 4) is 0 Å². The van der Waals surface area contributed by atoms with E-state index < -0.39 is 0 Å². The van der Waals surface area contributed by atoms with Gasteiger partial charge in [-0.15, -0.1) is 0 Å². The Balaban J connectivity index is 3.02. The lowest BCUT2D eigenvalue weighted by atomic mass is 9.91. The molecule has 0 radical (unpaired) electrons. The van der Waals surface area contributed by atoms with Crippen molar-refractivity contribution in [2.24, 2.45) is 5.41 Å². The topological polar surface area (TPSA) is 58.2 Å². The van der Waals surface area contributed by atoms with Gasteiger partial charge < -0.3 is 5.32 Å². The highest BCUT2D eigenvalue weighted by molar-refractivity contribution is 6.02. The van der Waals surface area contributed by atoms with Crippen molar-refractivity contribution in [1.82, 2.24) is 10.6 Å². The molecular weight excluding hydrogens is 180 g/mol. The summed E-state index contributed by atoms with van der Waals surface area (Å²) in [6.45, 7) is 3.99. The number of rotatable bonds is 3. The molecule has 1 aliphatic rings. The predicted molar refractivity (Wildman–Crippen MR) is 53.2 cm³/mol.